The second kappa shape index (κ2) is 7.00. The van der Waals surface area contributed by atoms with Gasteiger partial charge < -0.3 is 15.0 Å². The Hall–Kier alpha value is -2.15. The normalized spacial score (nSPS) is 14.7. The van der Waals surface area contributed by atoms with Gasteiger partial charge in [-0.05, 0) is 29.6 Å². The minimum Gasteiger partial charge on any atom is -0.378 e. The monoisotopic (exact) mass is 373 g/mol. The largest absolute Gasteiger partial charge is 0.378 e. The fraction of sp³-hybridized carbons (Fsp3) is 0.222. The molecule has 3 heterocycles. The fourth-order valence-electron chi connectivity index (χ4n) is 2.86. The summed E-state index contributed by atoms with van der Waals surface area (Å²) in [6.07, 6.45) is 1.65. The molecule has 0 unspecified atom stereocenters. The van der Waals surface area contributed by atoms with Gasteiger partial charge in [0.25, 0.3) is 5.91 Å². The zero-order chi connectivity index (χ0) is 17.2. The molecular formula is C18H16ClN3O2S. The summed E-state index contributed by atoms with van der Waals surface area (Å²) in [6.45, 7) is 2.40. The molecule has 7 heteroatoms. The number of halogens is 1. The number of carbonyl (C=O) groups is 1. The van der Waals surface area contributed by atoms with E-state index in [1.54, 1.807) is 17.5 Å². The van der Waals surface area contributed by atoms with Crippen molar-refractivity contribution < 1.29 is 9.53 Å². The third-order valence-electron chi connectivity index (χ3n) is 4.11. The molecule has 1 N–H and O–H groups in total. The van der Waals surface area contributed by atoms with Gasteiger partial charge in [0.05, 0.1) is 23.5 Å². The van der Waals surface area contributed by atoms with Crippen LogP contribution in [0.25, 0.3) is 10.1 Å². The average molecular weight is 374 g/mol. The van der Waals surface area contributed by atoms with Crippen LogP contribution in [0.3, 0.4) is 0 Å². The summed E-state index contributed by atoms with van der Waals surface area (Å²) < 4.78 is 6.28. The molecule has 25 heavy (non-hydrogen) atoms. The Morgan fingerprint density at radius 3 is 2.92 bits per heavy atom. The molecule has 1 saturated heterocycles. The van der Waals surface area contributed by atoms with Crippen molar-refractivity contribution in [3.05, 3.63) is 52.5 Å². The quantitative estimate of drug-likeness (QED) is 0.748. The number of thiophene rings is 1. The smallest absolute Gasteiger partial charge is 0.256 e. The Bertz CT molecular complexity index is 922. The lowest BCUT2D eigenvalue weighted by atomic mass is 10.1. The van der Waals surface area contributed by atoms with Gasteiger partial charge in [0, 0.05) is 35.4 Å². The van der Waals surface area contributed by atoms with Crippen LogP contribution < -0.4 is 5.32 Å². The molecular weight excluding hydrogens is 358 g/mol. The number of rotatable bonds is 3. The van der Waals surface area contributed by atoms with Crippen molar-refractivity contribution in [2.75, 3.05) is 31.6 Å². The second-order valence-electron chi connectivity index (χ2n) is 5.72. The Morgan fingerprint density at radius 2 is 2.12 bits per heavy atom. The number of carbonyl (C=O) groups excluding carboxylic acids is 1. The van der Waals surface area contributed by atoms with Crippen molar-refractivity contribution in [1.82, 2.24) is 9.88 Å². The number of morpholine rings is 1. The van der Waals surface area contributed by atoms with Crippen LogP contribution in [0.4, 0.5) is 11.5 Å². The van der Waals surface area contributed by atoms with Gasteiger partial charge in [0.1, 0.15) is 5.82 Å². The Balaban J connectivity index is 1.68. The number of pyridine rings is 1. The number of aromatic nitrogens is 1. The summed E-state index contributed by atoms with van der Waals surface area (Å²) in [7, 11) is 0. The first-order valence-corrected chi connectivity index (χ1v) is 9.24. The third kappa shape index (κ3) is 3.33. The molecule has 4 rings (SSSR count). The first-order chi connectivity index (χ1) is 12.2. The number of nitrogens with zero attached hydrogens (tertiary/aromatic N) is 2. The molecule has 1 aromatic carbocycles. The maximum atomic E-state index is 12.8. The number of hydrogen-bond acceptors (Lipinski definition) is 5. The van der Waals surface area contributed by atoms with Crippen LogP contribution >= 0.6 is 22.9 Å². The lowest BCUT2D eigenvalue weighted by Gasteiger charge is -2.27. The highest BCUT2D eigenvalue weighted by atomic mass is 35.5. The molecule has 5 nitrogen and oxygen atoms in total. The average Bonchev–Trinajstić information content (AvgIpc) is 3.12. The first kappa shape index (κ1) is 16.3. The van der Waals surface area contributed by atoms with Crippen LogP contribution in [0.1, 0.15) is 10.4 Å². The molecule has 0 atom stereocenters. The molecule has 0 saturated carbocycles. The standard InChI is InChI=1S/C18H16ClN3O2S/c19-12-2-1-3-13(10-12)21-17-16-14(4-9-25-16)15(11-20-17)18(23)22-5-7-24-8-6-22/h1-4,9-11H,5-8H2,(H,20,21). The number of hydrogen-bond donors (Lipinski definition) is 1. The van der Waals surface area contributed by atoms with E-state index in [0.717, 1.165) is 21.6 Å². The van der Waals surface area contributed by atoms with E-state index >= 15 is 0 Å². The van der Waals surface area contributed by atoms with E-state index in [9.17, 15) is 4.79 Å². The fourth-order valence-corrected chi connectivity index (χ4v) is 3.91. The van der Waals surface area contributed by atoms with Crippen molar-refractivity contribution in [2.24, 2.45) is 0 Å². The summed E-state index contributed by atoms with van der Waals surface area (Å²) in [5.41, 5.74) is 1.50. The van der Waals surface area contributed by atoms with Gasteiger partial charge in [-0.25, -0.2) is 4.98 Å². The van der Waals surface area contributed by atoms with Crippen molar-refractivity contribution in [2.45, 2.75) is 0 Å². The first-order valence-electron chi connectivity index (χ1n) is 7.98. The van der Waals surface area contributed by atoms with Crippen molar-refractivity contribution in [3.8, 4) is 0 Å². The van der Waals surface area contributed by atoms with Gasteiger partial charge in [-0.1, -0.05) is 17.7 Å². The molecule has 2 aromatic heterocycles. The molecule has 0 radical (unpaired) electrons. The third-order valence-corrected chi connectivity index (χ3v) is 5.27. The Labute approximate surface area is 154 Å². The number of anilines is 2. The van der Waals surface area contributed by atoms with Gasteiger partial charge in [-0.15, -0.1) is 11.3 Å². The lowest BCUT2D eigenvalue weighted by molar-refractivity contribution is 0.0304. The maximum Gasteiger partial charge on any atom is 0.256 e. The van der Waals surface area contributed by atoms with Gasteiger partial charge in [-0.2, -0.15) is 0 Å². The maximum absolute atomic E-state index is 12.8. The molecule has 1 aliphatic heterocycles. The Morgan fingerprint density at radius 1 is 1.28 bits per heavy atom. The highest BCUT2D eigenvalue weighted by Crippen LogP contribution is 2.32. The number of fused-ring (bicyclic) bond motifs is 1. The molecule has 1 fully saturated rings. The molecule has 0 aliphatic carbocycles. The van der Waals surface area contributed by atoms with Crippen molar-refractivity contribution in [1.29, 1.82) is 0 Å². The Kier molecular flexibility index (Phi) is 4.57. The van der Waals surface area contributed by atoms with Crippen LogP contribution in [0.2, 0.25) is 5.02 Å². The van der Waals surface area contributed by atoms with Crippen LogP contribution in [-0.2, 0) is 4.74 Å². The van der Waals surface area contributed by atoms with Crippen LogP contribution in [0, 0.1) is 0 Å². The van der Waals surface area contributed by atoms with Gasteiger partial charge in [-0.3, -0.25) is 4.79 Å². The highest BCUT2D eigenvalue weighted by Gasteiger charge is 2.22. The predicted molar refractivity (Wildman–Crippen MR) is 101 cm³/mol. The van der Waals surface area contributed by atoms with Crippen LogP contribution in [0.15, 0.2) is 41.9 Å². The molecule has 0 spiro atoms. The van der Waals surface area contributed by atoms with Crippen LogP contribution in [0.5, 0.6) is 0 Å². The summed E-state index contributed by atoms with van der Waals surface area (Å²) in [6, 6.07) is 9.45. The molecule has 128 valence electrons. The minimum absolute atomic E-state index is 0.00788. The lowest BCUT2D eigenvalue weighted by Crippen LogP contribution is -2.40. The highest BCUT2D eigenvalue weighted by molar-refractivity contribution is 7.17. The zero-order valence-electron chi connectivity index (χ0n) is 13.4. The zero-order valence-corrected chi connectivity index (χ0v) is 14.9. The van der Waals surface area contributed by atoms with E-state index < -0.39 is 0 Å². The van der Waals surface area contributed by atoms with Gasteiger partial charge in [0.2, 0.25) is 0 Å². The van der Waals surface area contributed by atoms with Crippen molar-refractivity contribution >= 4 is 50.4 Å². The molecule has 1 aliphatic rings. The number of benzene rings is 1. The second-order valence-corrected chi connectivity index (χ2v) is 7.08. The summed E-state index contributed by atoms with van der Waals surface area (Å²) in [5, 5.41) is 6.84. The summed E-state index contributed by atoms with van der Waals surface area (Å²) >= 11 is 7.61. The summed E-state index contributed by atoms with van der Waals surface area (Å²) in [4.78, 5) is 19.1. The van der Waals surface area contributed by atoms with E-state index in [4.69, 9.17) is 16.3 Å². The van der Waals surface area contributed by atoms with E-state index in [1.807, 2.05) is 40.6 Å². The van der Waals surface area contributed by atoms with E-state index in [2.05, 4.69) is 10.3 Å². The van der Waals surface area contributed by atoms with E-state index in [0.29, 0.717) is 36.9 Å². The van der Waals surface area contributed by atoms with E-state index in [-0.39, 0.29) is 5.91 Å². The number of ether oxygens (including phenoxy) is 1. The van der Waals surface area contributed by atoms with Crippen molar-refractivity contribution in [3.63, 3.8) is 0 Å². The predicted octanol–water partition coefficient (Wildman–Crippen LogP) is 4.17. The SMILES string of the molecule is O=C(c1cnc(Nc2cccc(Cl)c2)c2sccc12)N1CCOCC1. The summed E-state index contributed by atoms with van der Waals surface area (Å²) in [5.74, 6) is 0.735. The molecule has 1 amide bonds. The molecule has 0 bridgehead atoms. The molecule has 3 aromatic rings. The topological polar surface area (TPSA) is 54.5 Å². The van der Waals surface area contributed by atoms with Gasteiger partial charge in [0.15, 0.2) is 0 Å². The van der Waals surface area contributed by atoms with Gasteiger partial charge >= 0.3 is 0 Å². The number of amides is 1. The number of nitrogens with one attached hydrogen (secondary N) is 1. The van der Waals surface area contributed by atoms with Crippen LogP contribution in [-0.4, -0.2) is 42.1 Å². The minimum atomic E-state index is 0.00788. The van der Waals surface area contributed by atoms with E-state index in [1.165, 1.54) is 0 Å².